The van der Waals surface area contributed by atoms with Gasteiger partial charge >= 0.3 is 11.8 Å². The van der Waals surface area contributed by atoms with E-state index in [0.717, 1.165) is 13.0 Å². The maximum Gasteiger partial charge on any atom is 0.313 e. The molecule has 0 aliphatic carbocycles. The van der Waals surface area contributed by atoms with E-state index in [1.807, 2.05) is 0 Å². The molecule has 1 aromatic rings. The van der Waals surface area contributed by atoms with Crippen molar-refractivity contribution in [3.8, 4) is 5.75 Å². The number of ether oxygens (including phenoxy) is 1. The second-order valence-corrected chi connectivity index (χ2v) is 4.70. The Kier molecular flexibility index (Phi) is 5.10. The molecule has 1 aliphatic heterocycles. The molecule has 1 saturated heterocycles. The van der Waals surface area contributed by atoms with Gasteiger partial charge in [-0.1, -0.05) is 0 Å². The average Bonchev–Trinajstić information content (AvgIpc) is 2.77. The monoisotopic (exact) mass is 295 g/mol. The minimum atomic E-state index is -0.843. The van der Waals surface area contributed by atoms with Crippen molar-refractivity contribution >= 4 is 17.5 Å². The van der Waals surface area contributed by atoms with Crippen LogP contribution in [0.25, 0.3) is 0 Å². The molecular formula is C14H18FN3O3. The van der Waals surface area contributed by atoms with E-state index >= 15 is 0 Å². The van der Waals surface area contributed by atoms with Gasteiger partial charge in [-0.2, -0.15) is 0 Å². The van der Waals surface area contributed by atoms with Gasteiger partial charge < -0.3 is 20.3 Å². The van der Waals surface area contributed by atoms with Crippen molar-refractivity contribution in [2.75, 3.05) is 38.6 Å². The third kappa shape index (κ3) is 3.91. The number of hydrogen-bond donors (Lipinski definition) is 2. The van der Waals surface area contributed by atoms with E-state index in [1.54, 1.807) is 0 Å². The van der Waals surface area contributed by atoms with Crippen LogP contribution in [0.5, 0.6) is 5.75 Å². The summed E-state index contributed by atoms with van der Waals surface area (Å²) in [6.45, 7) is 2.44. The maximum atomic E-state index is 13.6. The molecule has 2 rings (SSSR count). The Balaban J connectivity index is 2.04. The summed E-state index contributed by atoms with van der Waals surface area (Å²) in [4.78, 5) is 25.5. The van der Waals surface area contributed by atoms with Crippen LogP contribution in [0.15, 0.2) is 18.2 Å². The van der Waals surface area contributed by atoms with E-state index in [1.165, 1.54) is 30.2 Å². The van der Waals surface area contributed by atoms with Crippen molar-refractivity contribution in [1.29, 1.82) is 0 Å². The first-order chi connectivity index (χ1) is 10.1. The first-order valence-corrected chi connectivity index (χ1v) is 6.76. The van der Waals surface area contributed by atoms with Crippen LogP contribution >= 0.6 is 0 Å². The molecule has 114 valence electrons. The molecule has 1 aliphatic rings. The molecule has 0 radical (unpaired) electrons. The fourth-order valence-electron chi connectivity index (χ4n) is 2.10. The van der Waals surface area contributed by atoms with E-state index in [4.69, 9.17) is 4.74 Å². The number of rotatable bonds is 2. The number of nitrogens with one attached hydrogen (secondary N) is 2. The summed E-state index contributed by atoms with van der Waals surface area (Å²) in [5.41, 5.74) is -0.0688. The van der Waals surface area contributed by atoms with E-state index in [0.29, 0.717) is 25.4 Å². The summed E-state index contributed by atoms with van der Waals surface area (Å²) >= 11 is 0. The number of carbonyl (C=O) groups is 2. The van der Waals surface area contributed by atoms with Crippen molar-refractivity contribution in [2.24, 2.45) is 0 Å². The molecule has 0 atom stereocenters. The molecule has 0 spiro atoms. The molecule has 0 bridgehead atoms. The van der Waals surface area contributed by atoms with Gasteiger partial charge in [-0.25, -0.2) is 4.39 Å². The Hall–Kier alpha value is -2.15. The molecule has 2 amide bonds. The smallest absolute Gasteiger partial charge is 0.313 e. The van der Waals surface area contributed by atoms with Crippen LogP contribution in [0.4, 0.5) is 10.1 Å². The lowest BCUT2D eigenvalue weighted by atomic mass is 10.2. The Morgan fingerprint density at radius 1 is 1.33 bits per heavy atom. The van der Waals surface area contributed by atoms with Crippen LogP contribution in [0.1, 0.15) is 6.42 Å². The number of hydrogen-bond acceptors (Lipinski definition) is 4. The number of nitrogens with zero attached hydrogens (tertiary/aromatic N) is 1. The summed E-state index contributed by atoms with van der Waals surface area (Å²) in [6, 6.07) is 3.95. The standard InChI is InChI=1S/C14H18FN3O3/c1-21-10-3-4-11(15)12(9-10)17-13(19)14(20)18-7-2-5-16-6-8-18/h3-4,9,16H,2,5-8H2,1H3,(H,17,19). The lowest BCUT2D eigenvalue weighted by Gasteiger charge is -2.19. The van der Waals surface area contributed by atoms with Crippen molar-refractivity contribution in [1.82, 2.24) is 10.2 Å². The summed E-state index contributed by atoms with van der Waals surface area (Å²) in [5, 5.41) is 5.44. The normalized spacial score (nSPS) is 15.2. The third-order valence-electron chi connectivity index (χ3n) is 3.24. The fourth-order valence-corrected chi connectivity index (χ4v) is 2.10. The lowest BCUT2D eigenvalue weighted by molar-refractivity contribution is -0.143. The van der Waals surface area contributed by atoms with Gasteiger partial charge in [0.05, 0.1) is 12.8 Å². The fraction of sp³-hybridized carbons (Fsp3) is 0.429. The number of carbonyl (C=O) groups excluding carboxylic acids is 2. The topological polar surface area (TPSA) is 70.7 Å². The number of amides is 2. The highest BCUT2D eigenvalue weighted by molar-refractivity contribution is 6.39. The molecule has 0 aromatic heterocycles. The van der Waals surface area contributed by atoms with Gasteiger partial charge in [0.1, 0.15) is 11.6 Å². The second-order valence-electron chi connectivity index (χ2n) is 4.70. The Morgan fingerprint density at radius 2 is 2.14 bits per heavy atom. The van der Waals surface area contributed by atoms with E-state index in [-0.39, 0.29) is 5.69 Å². The van der Waals surface area contributed by atoms with E-state index in [9.17, 15) is 14.0 Å². The number of halogens is 1. The molecule has 1 heterocycles. The average molecular weight is 295 g/mol. The zero-order valence-corrected chi connectivity index (χ0v) is 11.8. The van der Waals surface area contributed by atoms with Gasteiger partial charge in [0.15, 0.2) is 0 Å². The third-order valence-corrected chi connectivity index (χ3v) is 3.24. The number of anilines is 1. The summed E-state index contributed by atoms with van der Waals surface area (Å²) < 4.78 is 18.6. The first-order valence-electron chi connectivity index (χ1n) is 6.76. The molecule has 6 nitrogen and oxygen atoms in total. The Bertz CT molecular complexity index is 528. The van der Waals surface area contributed by atoms with Gasteiger partial charge in [0, 0.05) is 25.7 Å². The number of benzene rings is 1. The van der Waals surface area contributed by atoms with Gasteiger partial charge in [0.25, 0.3) is 0 Å². The molecule has 0 unspecified atom stereocenters. The molecular weight excluding hydrogens is 277 g/mol. The quantitative estimate of drug-likeness (QED) is 0.784. The largest absolute Gasteiger partial charge is 0.497 e. The van der Waals surface area contributed by atoms with Crippen LogP contribution in [0, 0.1) is 5.82 Å². The van der Waals surface area contributed by atoms with Crippen molar-refractivity contribution in [3.05, 3.63) is 24.0 Å². The highest BCUT2D eigenvalue weighted by Gasteiger charge is 2.23. The molecule has 21 heavy (non-hydrogen) atoms. The Morgan fingerprint density at radius 3 is 2.90 bits per heavy atom. The Labute approximate surface area is 122 Å². The van der Waals surface area contributed by atoms with Crippen LogP contribution in [-0.4, -0.2) is 50.0 Å². The minimum Gasteiger partial charge on any atom is -0.497 e. The maximum absolute atomic E-state index is 13.6. The minimum absolute atomic E-state index is 0.0688. The van der Waals surface area contributed by atoms with Crippen LogP contribution in [0.3, 0.4) is 0 Å². The van der Waals surface area contributed by atoms with Gasteiger partial charge in [0.2, 0.25) is 0 Å². The van der Waals surface area contributed by atoms with E-state index < -0.39 is 17.6 Å². The second kappa shape index (κ2) is 7.03. The van der Waals surface area contributed by atoms with Crippen molar-refractivity contribution < 1.29 is 18.7 Å². The molecule has 2 N–H and O–H groups in total. The van der Waals surface area contributed by atoms with Crippen LogP contribution < -0.4 is 15.4 Å². The zero-order valence-electron chi connectivity index (χ0n) is 11.8. The summed E-state index contributed by atoms with van der Waals surface area (Å²) in [5.74, 6) is -1.71. The van der Waals surface area contributed by atoms with Gasteiger partial charge in [-0.05, 0) is 25.1 Å². The van der Waals surface area contributed by atoms with Crippen molar-refractivity contribution in [2.45, 2.75) is 6.42 Å². The zero-order chi connectivity index (χ0) is 15.2. The molecule has 0 saturated carbocycles. The highest BCUT2D eigenvalue weighted by atomic mass is 19.1. The molecule has 1 fully saturated rings. The summed E-state index contributed by atoms with van der Waals surface area (Å²) in [6.07, 6.45) is 0.784. The van der Waals surface area contributed by atoms with Crippen LogP contribution in [-0.2, 0) is 9.59 Å². The van der Waals surface area contributed by atoms with Gasteiger partial charge in [-0.3, -0.25) is 9.59 Å². The highest BCUT2D eigenvalue weighted by Crippen LogP contribution is 2.21. The van der Waals surface area contributed by atoms with Crippen LogP contribution in [0.2, 0.25) is 0 Å². The predicted octanol–water partition coefficient (Wildman–Crippen LogP) is 0.595. The van der Waals surface area contributed by atoms with Gasteiger partial charge in [-0.15, -0.1) is 0 Å². The molecule has 1 aromatic carbocycles. The van der Waals surface area contributed by atoms with Crippen molar-refractivity contribution in [3.63, 3.8) is 0 Å². The predicted molar refractivity (Wildman–Crippen MR) is 75.6 cm³/mol. The summed E-state index contributed by atoms with van der Waals surface area (Å²) in [7, 11) is 1.44. The van der Waals surface area contributed by atoms with E-state index in [2.05, 4.69) is 10.6 Å². The first kappa shape index (κ1) is 15.2. The number of methoxy groups -OCH3 is 1. The lowest BCUT2D eigenvalue weighted by Crippen LogP contribution is -2.41. The molecule has 7 heteroatoms. The SMILES string of the molecule is COc1ccc(F)c(NC(=O)C(=O)N2CCCNCC2)c1.